The molecule has 2 aromatic heterocycles. The van der Waals surface area contributed by atoms with Crippen LogP contribution in [0.15, 0.2) is 35.6 Å². The minimum Gasteiger partial charge on any atom is -0.369 e. The van der Waals surface area contributed by atoms with Crippen LogP contribution in [0.2, 0.25) is 5.02 Å². The van der Waals surface area contributed by atoms with Gasteiger partial charge in [-0.2, -0.15) is 5.10 Å². The van der Waals surface area contributed by atoms with Crippen LogP contribution in [-0.2, 0) is 0 Å². The van der Waals surface area contributed by atoms with E-state index in [0.29, 0.717) is 22.3 Å². The fourth-order valence-corrected chi connectivity index (χ4v) is 2.10. The van der Waals surface area contributed by atoms with E-state index in [1.807, 2.05) is 43.3 Å². The van der Waals surface area contributed by atoms with Gasteiger partial charge in [-0.3, -0.25) is 5.10 Å². The lowest BCUT2D eigenvalue weighted by atomic mass is 10.3. The van der Waals surface area contributed by atoms with Crippen molar-refractivity contribution in [1.82, 2.24) is 25.1 Å². The number of aromatic amines is 1. The van der Waals surface area contributed by atoms with Crippen LogP contribution >= 0.6 is 11.6 Å². The summed E-state index contributed by atoms with van der Waals surface area (Å²) in [6.45, 7) is 0. The van der Waals surface area contributed by atoms with Gasteiger partial charge in [0.2, 0.25) is 0 Å². The fourth-order valence-electron chi connectivity index (χ4n) is 1.91. The molecule has 0 saturated heterocycles. The van der Waals surface area contributed by atoms with E-state index in [9.17, 15) is 0 Å². The predicted molar refractivity (Wildman–Crippen MR) is 88.3 cm³/mol. The van der Waals surface area contributed by atoms with E-state index in [-0.39, 0.29) is 0 Å². The number of hydrogen-bond acceptors (Lipinski definition) is 5. The lowest BCUT2D eigenvalue weighted by Crippen LogP contribution is -2.07. The maximum atomic E-state index is 6.00. The molecule has 0 bridgehead atoms. The highest BCUT2D eigenvalue weighted by atomic mass is 35.5. The van der Waals surface area contributed by atoms with Gasteiger partial charge in [0.1, 0.15) is 17.5 Å². The van der Waals surface area contributed by atoms with Crippen LogP contribution in [0.3, 0.4) is 0 Å². The Morgan fingerprint density at radius 1 is 1.32 bits per heavy atom. The summed E-state index contributed by atoms with van der Waals surface area (Å²) in [6, 6.07) is 7.40. The van der Waals surface area contributed by atoms with Gasteiger partial charge >= 0.3 is 0 Å². The Balaban J connectivity index is 2.03. The molecule has 0 amide bonds. The molecule has 0 radical (unpaired) electrons. The van der Waals surface area contributed by atoms with Crippen molar-refractivity contribution in [3.05, 3.63) is 35.6 Å². The summed E-state index contributed by atoms with van der Waals surface area (Å²) in [5.41, 5.74) is 1.45. The number of hydrogen-bond donors (Lipinski definition) is 2. The van der Waals surface area contributed by atoms with Gasteiger partial charge in [0.15, 0.2) is 11.5 Å². The van der Waals surface area contributed by atoms with Gasteiger partial charge in [0.25, 0.3) is 0 Å². The average molecular weight is 316 g/mol. The molecule has 0 spiro atoms. The van der Waals surface area contributed by atoms with Gasteiger partial charge < -0.3 is 10.2 Å². The summed E-state index contributed by atoms with van der Waals surface area (Å²) in [5, 5.41) is 11.6. The van der Waals surface area contributed by atoms with E-state index >= 15 is 0 Å². The van der Waals surface area contributed by atoms with E-state index < -0.39 is 0 Å². The molecule has 0 fully saturated rings. The summed E-state index contributed by atoms with van der Waals surface area (Å²) in [6.07, 6.45) is 3.14. The van der Waals surface area contributed by atoms with Crippen molar-refractivity contribution >= 4 is 46.3 Å². The van der Waals surface area contributed by atoms with E-state index in [4.69, 9.17) is 11.6 Å². The minimum absolute atomic E-state index is 0.522. The summed E-state index contributed by atoms with van der Waals surface area (Å²) in [5.74, 6) is 1.14. The van der Waals surface area contributed by atoms with E-state index in [1.165, 1.54) is 6.33 Å². The number of aliphatic imine (C=N–C) groups is 1. The number of rotatable bonds is 4. The van der Waals surface area contributed by atoms with Gasteiger partial charge in [-0.05, 0) is 18.2 Å². The third-order valence-electron chi connectivity index (χ3n) is 2.84. The van der Waals surface area contributed by atoms with Crippen LogP contribution in [0.4, 0.5) is 17.3 Å². The van der Waals surface area contributed by atoms with E-state index in [0.717, 1.165) is 11.1 Å². The zero-order valence-corrected chi connectivity index (χ0v) is 12.8. The lowest BCUT2D eigenvalue weighted by Gasteiger charge is -2.07. The van der Waals surface area contributed by atoms with Gasteiger partial charge in [-0.25, -0.2) is 15.0 Å². The van der Waals surface area contributed by atoms with Crippen molar-refractivity contribution in [2.75, 3.05) is 19.4 Å². The highest BCUT2D eigenvalue weighted by Crippen LogP contribution is 2.29. The zero-order valence-electron chi connectivity index (χ0n) is 12.1. The second kappa shape index (κ2) is 5.98. The highest BCUT2D eigenvalue weighted by molar-refractivity contribution is 6.30. The normalized spacial score (nSPS) is 11.2. The minimum atomic E-state index is 0.522. The van der Waals surface area contributed by atoms with Crippen molar-refractivity contribution in [3.8, 4) is 0 Å². The number of aromatic nitrogens is 4. The Bertz CT molecular complexity index is 825. The van der Waals surface area contributed by atoms with Crippen LogP contribution in [-0.4, -0.2) is 45.5 Å². The Labute approximate surface area is 132 Å². The molecule has 3 rings (SSSR count). The van der Waals surface area contributed by atoms with E-state index in [2.05, 4.69) is 30.5 Å². The standard InChI is InChI=1S/C14H14ClN7/c1-22(2)8-18-14-11-12(16-7-17-13(11)20-21-14)19-10-5-3-4-9(15)6-10/h3-8H,1-2H3,(H2,16,17,19,20,21). The summed E-state index contributed by atoms with van der Waals surface area (Å²) in [7, 11) is 3.78. The summed E-state index contributed by atoms with van der Waals surface area (Å²) < 4.78 is 0. The first-order chi connectivity index (χ1) is 10.6. The lowest BCUT2D eigenvalue weighted by molar-refractivity contribution is 0.643. The monoisotopic (exact) mass is 315 g/mol. The molecule has 22 heavy (non-hydrogen) atoms. The quantitative estimate of drug-likeness (QED) is 0.571. The number of fused-ring (bicyclic) bond motifs is 1. The number of halogens is 1. The highest BCUT2D eigenvalue weighted by Gasteiger charge is 2.12. The Morgan fingerprint density at radius 2 is 2.18 bits per heavy atom. The fraction of sp³-hybridized carbons (Fsp3) is 0.143. The van der Waals surface area contributed by atoms with Crippen LogP contribution in [0.1, 0.15) is 0 Å². The molecule has 0 atom stereocenters. The second-order valence-corrected chi connectivity index (χ2v) is 5.27. The first kappa shape index (κ1) is 14.3. The molecular formula is C14H14ClN7. The van der Waals surface area contributed by atoms with Crippen LogP contribution < -0.4 is 5.32 Å². The molecule has 0 saturated carbocycles. The zero-order chi connectivity index (χ0) is 15.5. The van der Waals surface area contributed by atoms with Crippen molar-refractivity contribution in [3.63, 3.8) is 0 Å². The molecule has 2 N–H and O–H groups in total. The molecule has 8 heteroatoms. The summed E-state index contributed by atoms with van der Waals surface area (Å²) in [4.78, 5) is 14.6. The van der Waals surface area contributed by atoms with Crippen LogP contribution in [0.25, 0.3) is 11.0 Å². The molecule has 1 aromatic carbocycles. The van der Waals surface area contributed by atoms with Crippen molar-refractivity contribution < 1.29 is 0 Å². The number of nitrogens with one attached hydrogen (secondary N) is 2. The molecule has 0 unspecified atom stereocenters. The first-order valence-electron chi connectivity index (χ1n) is 6.56. The van der Waals surface area contributed by atoms with E-state index in [1.54, 1.807) is 6.34 Å². The predicted octanol–water partition coefficient (Wildman–Crippen LogP) is 2.97. The van der Waals surface area contributed by atoms with Crippen LogP contribution in [0.5, 0.6) is 0 Å². The molecule has 0 aliphatic rings. The van der Waals surface area contributed by atoms with Crippen LogP contribution in [0, 0.1) is 0 Å². The van der Waals surface area contributed by atoms with Crippen molar-refractivity contribution in [2.45, 2.75) is 0 Å². The Kier molecular flexibility index (Phi) is 3.88. The largest absolute Gasteiger partial charge is 0.369 e. The molecule has 3 aromatic rings. The Morgan fingerprint density at radius 3 is 2.95 bits per heavy atom. The second-order valence-electron chi connectivity index (χ2n) is 4.84. The van der Waals surface area contributed by atoms with Crippen molar-refractivity contribution in [2.24, 2.45) is 4.99 Å². The Hall–Kier alpha value is -2.67. The SMILES string of the molecule is CN(C)C=Nc1n[nH]c2ncnc(Nc3cccc(Cl)c3)c12. The topological polar surface area (TPSA) is 82.1 Å². The third-order valence-corrected chi connectivity index (χ3v) is 3.07. The molecule has 0 aliphatic carbocycles. The van der Waals surface area contributed by atoms with Crippen molar-refractivity contribution in [1.29, 1.82) is 0 Å². The molecule has 112 valence electrons. The third kappa shape index (κ3) is 2.99. The number of H-pyrrole nitrogens is 1. The summed E-state index contributed by atoms with van der Waals surface area (Å²) >= 11 is 6.00. The number of benzene rings is 1. The van der Waals surface area contributed by atoms with Gasteiger partial charge in [0, 0.05) is 24.8 Å². The smallest absolute Gasteiger partial charge is 0.188 e. The maximum Gasteiger partial charge on any atom is 0.188 e. The molecule has 7 nitrogen and oxygen atoms in total. The number of nitrogens with zero attached hydrogens (tertiary/aromatic N) is 5. The van der Waals surface area contributed by atoms with Gasteiger partial charge in [-0.1, -0.05) is 17.7 Å². The van der Waals surface area contributed by atoms with Gasteiger partial charge in [-0.15, -0.1) is 0 Å². The first-order valence-corrected chi connectivity index (χ1v) is 6.93. The maximum absolute atomic E-state index is 6.00. The number of anilines is 2. The van der Waals surface area contributed by atoms with Gasteiger partial charge in [0.05, 0.1) is 6.34 Å². The average Bonchev–Trinajstić information content (AvgIpc) is 2.89. The molecule has 0 aliphatic heterocycles. The molecule has 2 heterocycles. The molecular weight excluding hydrogens is 302 g/mol.